The second kappa shape index (κ2) is 5.61. The second-order valence-electron chi connectivity index (χ2n) is 3.02. The van der Waals surface area contributed by atoms with Gasteiger partial charge in [0.15, 0.2) is 0 Å². The highest BCUT2D eigenvalue weighted by atomic mass is 16.6. The summed E-state index contributed by atoms with van der Waals surface area (Å²) in [7, 11) is 0.107. The van der Waals surface area contributed by atoms with E-state index in [0.29, 0.717) is 0 Å². The molecule has 2 nitrogen and oxygen atoms in total. The summed E-state index contributed by atoms with van der Waals surface area (Å²) in [5.41, 5.74) is 0. The Morgan fingerprint density at radius 3 is 2.55 bits per heavy atom. The van der Waals surface area contributed by atoms with E-state index >= 15 is 0 Å². The third-order valence-electron chi connectivity index (χ3n) is 1.94. The van der Waals surface area contributed by atoms with E-state index < -0.39 is 0 Å². The van der Waals surface area contributed by atoms with Gasteiger partial charge in [-0.2, -0.15) is 0 Å². The normalized spacial score (nSPS) is 18.8. The highest BCUT2D eigenvalue weighted by Crippen LogP contribution is 2.10. The lowest BCUT2D eigenvalue weighted by Gasteiger charge is -2.19. The molecule has 1 rings (SSSR count). The van der Waals surface area contributed by atoms with E-state index in [9.17, 15) is 0 Å². The maximum absolute atomic E-state index is 5.40. The van der Waals surface area contributed by atoms with Crippen molar-refractivity contribution in [2.24, 2.45) is 0 Å². The molecule has 0 bridgehead atoms. The van der Waals surface area contributed by atoms with Crippen molar-refractivity contribution in [2.45, 2.75) is 38.9 Å². The molecule has 1 aliphatic rings. The van der Waals surface area contributed by atoms with Gasteiger partial charge >= 0.3 is 7.12 Å². The van der Waals surface area contributed by atoms with E-state index in [1.807, 2.05) is 0 Å². The molecule has 1 aliphatic heterocycles. The van der Waals surface area contributed by atoms with Crippen LogP contribution in [0.1, 0.15) is 32.6 Å². The van der Waals surface area contributed by atoms with Gasteiger partial charge in [0.2, 0.25) is 0 Å². The Hall–Kier alpha value is -0.0151. The van der Waals surface area contributed by atoms with Gasteiger partial charge in [-0.05, 0) is 12.7 Å². The lowest BCUT2D eigenvalue weighted by Crippen LogP contribution is -2.29. The van der Waals surface area contributed by atoms with E-state index in [4.69, 9.17) is 9.31 Å². The minimum Gasteiger partial charge on any atom is -0.411 e. The Labute approximate surface area is 69.4 Å². The summed E-state index contributed by atoms with van der Waals surface area (Å²) in [5.74, 6) is 0. The summed E-state index contributed by atoms with van der Waals surface area (Å²) < 4.78 is 10.8. The van der Waals surface area contributed by atoms with Crippen molar-refractivity contribution in [1.82, 2.24) is 0 Å². The molecule has 0 atom stereocenters. The summed E-state index contributed by atoms with van der Waals surface area (Å²) in [6.07, 6.45) is 5.94. The van der Waals surface area contributed by atoms with Gasteiger partial charge in [0.05, 0.1) is 0 Å². The Bertz CT molecular complexity index is 92.1. The molecule has 0 saturated carbocycles. The molecule has 0 N–H and O–H groups in total. The monoisotopic (exact) mass is 156 g/mol. The number of unbranched alkanes of at least 4 members (excludes halogenated alkanes) is 2. The zero-order valence-corrected chi connectivity index (χ0v) is 7.34. The van der Waals surface area contributed by atoms with Crippen molar-refractivity contribution < 1.29 is 9.31 Å². The Morgan fingerprint density at radius 1 is 1.18 bits per heavy atom. The molecule has 1 fully saturated rings. The van der Waals surface area contributed by atoms with Gasteiger partial charge in [0.25, 0.3) is 0 Å². The summed E-state index contributed by atoms with van der Waals surface area (Å²) in [5, 5.41) is 0. The van der Waals surface area contributed by atoms with Crippen LogP contribution >= 0.6 is 0 Å². The Kier molecular flexibility index (Phi) is 4.63. The van der Waals surface area contributed by atoms with Gasteiger partial charge < -0.3 is 9.31 Å². The maximum atomic E-state index is 5.40. The van der Waals surface area contributed by atoms with Crippen molar-refractivity contribution in [2.75, 3.05) is 13.2 Å². The molecule has 0 aromatic rings. The minimum atomic E-state index is 0.107. The first kappa shape index (κ1) is 9.08. The molecule has 1 saturated heterocycles. The topological polar surface area (TPSA) is 18.5 Å². The van der Waals surface area contributed by atoms with Gasteiger partial charge in [-0.15, -0.1) is 0 Å². The van der Waals surface area contributed by atoms with Crippen molar-refractivity contribution in [1.29, 1.82) is 0 Å². The molecule has 0 radical (unpaired) electrons. The molecule has 0 unspecified atom stereocenters. The van der Waals surface area contributed by atoms with Crippen LogP contribution in [0.3, 0.4) is 0 Å². The van der Waals surface area contributed by atoms with Crippen molar-refractivity contribution >= 4 is 7.12 Å². The van der Waals surface area contributed by atoms with Gasteiger partial charge in [0.1, 0.15) is 0 Å². The number of hydrogen-bond acceptors (Lipinski definition) is 2. The molecule has 3 heteroatoms. The molecule has 64 valence electrons. The molecule has 0 aromatic carbocycles. The smallest absolute Gasteiger partial charge is 0.411 e. The average molecular weight is 156 g/mol. The minimum absolute atomic E-state index is 0.107. The van der Waals surface area contributed by atoms with E-state index in [1.165, 1.54) is 19.3 Å². The standard InChI is InChI=1S/C8H17BO2/c1-2-3-4-6-9-10-7-5-8-11-9/h2-8H2,1H3. The summed E-state index contributed by atoms with van der Waals surface area (Å²) in [6, 6.07) is 0. The van der Waals surface area contributed by atoms with Crippen LogP contribution in [0.4, 0.5) is 0 Å². The zero-order chi connectivity index (χ0) is 7.94. The summed E-state index contributed by atoms with van der Waals surface area (Å²) >= 11 is 0. The molecule has 0 amide bonds. The third-order valence-corrected chi connectivity index (χ3v) is 1.94. The molecule has 0 aromatic heterocycles. The molecule has 0 spiro atoms. The summed E-state index contributed by atoms with van der Waals surface area (Å²) in [4.78, 5) is 0. The third kappa shape index (κ3) is 3.78. The number of hydrogen-bond donors (Lipinski definition) is 0. The maximum Gasteiger partial charge on any atom is 0.456 e. The van der Waals surface area contributed by atoms with Gasteiger partial charge in [0, 0.05) is 13.2 Å². The van der Waals surface area contributed by atoms with Crippen LogP contribution in [-0.2, 0) is 9.31 Å². The van der Waals surface area contributed by atoms with Crippen LogP contribution in [0, 0.1) is 0 Å². The Balaban J connectivity index is 1.96. The zero-order valence-electron chi connectivity index (χ0n) is 7.34. The lowest BCUT2D eigenvalue weighted by molar-refractivity contribution is 0.133. The van der Waals surface area contributed by atoms with Crippen molar-refractivity contribution in [3.63, 3.8) is 0 Å². The highest BCUT2D eigenvalue weighted by Gasteiger charge is 2.20. The molecular formula is C8H17BO2. The van der Waals surface area contributed by atoms with Crippen LogP contribution in [0.5, 0.6) is 0 Å². The van der Waals surface area contributed by atoms with Crippen LogP contribution in [-0.4, -0.2) is 20.3 Å². The summed E-state index contributed by atoms with van der Waals surface area (Å²) in [6.45, 7) is 3.98. The van der Waals surface area contributed by atoms with E-state index in [1.54, 1.807) is 0 Å². The molecule has 1 heterocycles. The van der Waals surface area contributed by atoms with E-state index in [2.05, 4.69) is 6.92 Å². The van der Waals surface area contributed by atoms with Crippen molar-refractivity contribution in [3.8, 4) is 0 Å². The number of rotatable bonds is 4. The van der Waals surface area contributed by atoms with Gasteiger partial charge in [-0.1, -0.05) is 26.2 Å². The predicted octanol–water partition coefficient (Wildman–Crippen LogP) is 2.10. The fraction of sp³-hybridized carbons (Fsp3) is 1.00. The Morgan fingerprint density at radius 2 is 1.91 bits per heavy atom. The van der Waals surface area contributed by atoms with Gasteiger partial charge in [-0.3, -0.25) is 0 Å². The van der Waals surface area contributed by atoms with Crippen LogP contribution < -0.4 is 0 Å². The molecule has 11 heavy (non-hydrogen) atoms. The lowest BCUT2D eigenvalue weighted by atomic mass is 9.81. The predicted molar refractivity (Wildman–Crippen MR) is 46.6 cm³/mol. The van der Waals surface area contributed by atoms with Crippen LogP contribution in [0.15, 0.2) is 0 Å². The van der Waals surface area contributed by atoms with E-state index in [0.717, 1.165) is 26.0 Å². The fourth-order valence-corrected chi connectivity index (χ4v) is 1.26. The van der Waals surface area contributed by atoms with Crippen LogP contribution in [0.25, 0.3) is 0 Å². The van der Waals surface area contributed by atoms with Crippen molar-refractivity contribution in [3.05, 3.63) is 0 Å². The van der Waals surface area contributed by atoms with Gasteiger partial charge in [-0.25, -0.2) is 0 Å². The SMILES string of the molecule is CCCCCB1OCCCO1. The second-order valence-corrected chi connectivity index (χ2v) is 3.02. The van der Waals surface area contributed by atoms with Crippen LogP contribution in [0.2, 0.25) is 6.32 Å². The highest BCUT2D eigenvalue weighted by molar-refractivity contribution is 6.44. The first-order chi connectivity index (χ1) is 5.43. The fourth-order valence-electron chi connectivity index (χ4n) is 1.26. The largest absolute Gasteiger partial charge is 0.456 e. The quantitative estimate of drug-likeness (QED) is 0.458. The van der Waals surface area contributed by atoms with E-state index in [-0.39, 0.29) is 7.12 Å². The molecule has 0 aliphatic carbocycles. The molecular weight excluding hydrogens is 139 g/mol. The average Bonchev–Trinajstić information content (AvgIpc) is 2.07. The first-order valence-corrected chi connectivity index (χ1v) is 4.66. The first-order valence-electron chi connectivity index (χ1n) is 4.66.